The predicted molar refractivity (Wildman–Crippen MR) is 111 cm³/mol. The third-order valence-electron chi connectivity index (χ3n) is 6.54. The van der Waals surface area contributed by atoms with Crippen molar-refractivity contribution in [2.75, 3.05) is 13.1 Å². The molecule has 2 fully saturated rings. The van der Waals surface area contributed by atoms with Gasteiger partial charge in [0.2, 0.25) is 11.8 Å². The van der Waals surface area contributed by atoms with E-state index in [2.05, 4.69) is 10.6 Å². The van der Waals surface area contributed by atoms with Crippen molar-refractivity contribution in [3.63, 3.8) is 0 Å². The van der Waals surface area contributed by atoms with E-state index in [1.54, 1.807) is 0 Å². The summed E-state index contributed by atoms with van der Waals surface area (Å²) >= 11 is 0. The molecule has 0 saturated heterocycles. The van der Waals surface area contributed by atoms with Crippen molar-refractivity contribution in [3.05, 3.63) is 0 Å². The number of nitrogens with one attached hydrogen (secondary N) is 2. The minimum absolute atomic E-state index is 0.144. The van der Waals surface area contributed by atoms with Crippen LogP contribution in [0.2, 0.25) is 0 Å². The van der Waals surface area contributed by atoms with Gasteiger partial charge in [0, 0.05) is 13.1 Å². The van der Waals surface area contributed by atoms with E-state index in [0.717, 1.165) is 51.4 Å². The molecule has 2 amide bonds. The third-order valence-corrected chi connectivity index (χ3v) is 6.54. The fraction of sp³-hybridized carbons (Fsp3) is 0.818. The molecule has 2 rings (SSSR count). The minimum Gasteiger partial charge on any atom is -0.481 e. The van der Waals surface area contributed by atoms with Gasteiger partial charge in [-0.2, -0.15) is 0 Å². The van der Waals surface area contributed by atoms with Crippen LogP contribution in [0.1, 0.15) is 77.0 Å². The maximum absolute atomic E-state index is 12.3. The SMILES string of the molecule is O=C(O)[C@H]1CCCC[C@H]1C(=O)NCCCCCCNC(=O)[C@H]1CCCC[C@H]1C(=O)O. The predicted octanol–water partition coefficient (Wildman–Crippen LogP) is 2.56. The molecule has 2 aliphatic carbocycles. The van der Waals surface area contributed by atoms with Crippen LogP contribution in [0, 0.1) is 23.7 Å². The lowest BCUT2D eigenvalue weighted by atomic mass is 9.78. The quantitative estimate of drug-likeness (QED) is 0.377. The molecule has 4 N–H and O–H groups in total. The molecule has 170 valence electrons. The van der Waals surface area contributed by atoms with Crippen LogP contribution < -0.4 is 10.6 Å². The molecule has 2 aliphatic rings. The zero-order valence-electron chi connectivity index (χ0n) is 17.7. The molecule has 0 aromatic carbocycles. The van der Waals surface area contributed by atoms with Gasteiger partial charge in [-0.3, -0.25) is 19.2 Å². The molecule has 4 atom stereocenters. The van der Waals surface area contributed by atoms with Crippen molar-refractivity contribution in [2.24, 2.45) is 23.7 Å². The van der Waals surface area contributed by atoms with Crippen LogP contribution in [0.15, 0.2) is 0 Å². The van der Waals surface area contributed by atoms with Gasteiger partial charge >= 0.3 is 11.9 Å². The van der Waals surface area contributed by atoms with Gasteiger partial charge in [-0.05, 0) is 38.5 Å². The Labute approximate surface area is 178 Å². The van der Waals surface area contributed by atoms with Gasteiger partial charge in [0.05, 0.1) is 23.7 Å². The summed E-state index contributed by atoms with van der Waals surface area (Å²) in [6.07, 6.45) is 9.43. The van der Waals surface area contributed by atoms with E-state index in [4.69, 9.17) is 0 Å². The molecule has 0 aliphatic heterocycles. The van der Waals surface area contributed by atoms with Gasteiger partial charge in [0.15, 0.2) is 0 Å². The largest absolute Gasteiger partial charge is 0.481 e. The van der Waals surface area contributed by atoms with Crippen LogP contribution in [0.25, 0.3) is 0 Å². The molecular formula is C22H36N2O6. The summed E-state index contributed by atoms with van der Waals surface area (Å²) in [4.78, 5) is 47.2. The second-order valence-corrected chi connectivity index (χ2v) is 8.67. The Hall–Kier alpha value is -2.12. The maximum atomic E-state index is 12.3. The van der Waals surface area contributed by atoms with Gasteiger partial charge < -0.3 is 20.8 Å². The first-order chi connectivity index (χ1) is 14.4. The molecule has 0 bridgehead atoms. The lowest BCUT2D eigenvalue weighted by Crippen LogP contribution is -2.40. The third kappa shape index (κ3) is 7.29. The van der Waals surface area contributed by atoms with Gasteiger partial charge in [0.25, 0.3) is 0 Å². The Bertz CT molecular complexity index is 556. The lowest BCUT2D eigenvalue weighted by molar-refractivity contribution is -0.149. The zero-order chi connectivity index (χ0) is 21.9. The van der Waals surface area contributed by atoms with E-state index in [-0.39, 0.29) is 11.8 Å². The van der Waals surface area contributed by atoms with E-state index in [1.807, 2.05) is 0 Å². The number of hydrogen-bond donors (Lipinski definition) is 4. The van der Waals surface area contributed by atoms with Crippen LogP contribution in [-0.2, 0) is 19.2 Å². The molecule has 0 heterocycles. The molecule has 0 aromatic rings. The highest BCUT2D eigenvalue weighted by atomic mass is 16.4. The van der Waals surface area contributed by atoms with Crippen LogP contribution >= 0.6 is 0 Å². The Morgan fingerprint density at radius 3 is 1.23 bits per heavy atom. The van der Waals surface area contributed by atoms with Crippen molar-refractivity contribution >= 4 is 23.8 Å². The van der Waals surface area contributed by atoms with E-state index >= 15 is 0 Å². The van der Waals surface area contributed by atoms with Crippen LogP contribution in [0.4, 0.5) is 0 Å². The second kappa shape index (κ2) is 12.5. The number of carboxylic acids is 2. The Kier molecular flexibility index (Phi) is 10.1. The lowest BCUT2D eigenvalue weighted by Gasteiger charge is -2.27. The van der Waals surface area contributed by atoms with Crippen LogP contribution in [0.5, 0.6) is 0 Å². The number of carboxylic acid groups (broad SMARTS) is 2. The standard InChI is InChI=1S/C22H36N2O6/c25-19(15-9-3-5-11-17(15)21(27)28)23-13-7-1-2-8-14-24-20(26)16-10-4-6-12-18(16)22(29)30/h15-18H,1-14H2,(H,23,25)(H,24,26)(H,27,28)(H,29,30)/t15-,16+,17+,18-. The molecule has 30 heavy (non-hydrogen) atoms. The highest BCUT2D eigenvalue weighted by Gasteiger charge is 2.36. The maximum Gasteiger partial charge on any atom is 0.307 e. The van der Waals surface area contributed by atoms with Crippen molar-refractivity contribution < 1.29 is 29.4 Å². The molecule has 8 nitrogen and oxygen atoms in total. The summed E-state index contributed by atoms with van der Waals surface area (Å²) in [5.74, 6) is -3.99. The number of carbonyl (C=O) groups is 4. The highest BCUT2D eigenvalue weighted by Crippen LogP contribution is 2.31. The molecule has 0 radical (unpaired) electrons. The van der Waals surface area contributed by atoms with Crippen LogP contribution in [-0.4, -0.2) is 47.1 Å². The van der Waals surface area contributed by atoms with Crippen molar-refractivity contribution in [3.8, 4) is 0 Å². The first-order valence-electron chi connectivity index (χ1n) is 11.4. The Morgan fingerprint density at radius 2 is 0.900 bits per heavy atom. The molecule has 2 saturated carbocycles. The summed E-state index contributed by atoms with van der Waals surface area (Å²) in [5.41, 5.74) is 0. The van der Waals surface area contributed by atoms with Gasteiger partial charge in [-0.1, -0.05) is 38.5 Å². The van der Waals surface area contributed by atoms with Gasteiger partial charge in [-0.15, -0.1) is 0 Å². The number of unbranched alkanes of at least 4 members (excludes halogenated alkanes) is 3. The average molecular weight is 425 g/mol. The zero-order valence-corrected chi connectivity index (χ0v) is 17.7. The second-order valence-electron chi connectivity index (χ2n) is 8.67. The first-order valence-corrected chi connectivity index (χ1v) is 11.4. The van der Waals surface area contributed by atoms with E-state index in [0.29, 0.717) is 38.8 Å². The van der Waals surface area contributed by atoms with Crippen molar-refractivity contribution in [1.29, 1.82) is 0 Å². The topological polar surface area (TPSA) is 133 Å². The van der Waals surface area contributed by atoms with E-state index in [9.17, 15) is 29.4 Å². The summed E-state index contributed by atoms with van der Waals surface area (Å²) in [7, 11) is 0. The number of amides is 2. The Balaban J connectivity index is 1.54. The normalized spacial score (nSPS) is 26.5. The number of carbonyl (C=O) groups excluding carboxylic acids is 2. The molecular weight excluding hydrogens is 388 g/mol. The van der Waals surface area contributed by atoms with Crippen LogP contribution in [0.3, 0.4) is 0 Å². The number of hydrogen-bond acceptors (Lipinski definition) is 4. The molecule has 8 heteroatoms. The van der Waals surface area contributed by atoms with Crippen molar-refractivity contribution in [2.45, 2.75) is 77.0 Å². The van der Waals surface area contributed by atoms with Gasteiger partial charge in [0.1, 0.15) is 0 Å². The monoisotopic (exact) mass is 424 g/mol. The van der Waals surface area contributed by atoms with Crippen molar-refractivity contribution in [1.82, 2.24) is 10.6 Å². The molecule has 0 aromatic heterocycles. The number of rotatable bonds is 11. The Morgan fingerprint density at radius 1 is 0.567 bits per heavy atom. The van der Waals surface area contributed by atoms with E-state index < -0.39 is 35.6 Å². The summed E-state index contributed by atoms with van der Waals surface area (Å²) in [5, 5.41) is 24.3. The van der Waals surface area contributed by atoms with Gasteiger partial charge in [-0.25, -0.2) is 0 Å². The molecule has 0 spiro atoms. The highest BCUT2D eigenvalue weighted by molar-refractivity contribution is 5.85. The summed E-state index contributed by atoms with van der Waals surface area (Å²) < 4.78 is 0. The smallest absolute Gasteiger partial charge is 0.307 e. The fourth-order valence-electron chi connectivity index (χ4n) is 4.77. The van der Waals surface area contributed by atoms with E-state index in [1.165, 1.54) is 0 Å². The fourth-order valence-corrected chi connectivity index (χ4v) is 4.77. The molecule has 0 unspecified atom stereocenters. The number of aliphatic carboxylic acids is 2. The summed E-state index contributed by atoms with van der Waals surface area (Å²) in [6, 6.07) is 0. The minimum atomic E-state index is -0.875. The average Bonchev–Trinajstić information content (AvgIpc) is 2.75. The first kappa shape index (κ1) is 24.2. The summed E-state index contributed by atoms with van der Waals surface area (Å²) in [6.45, 7) is 1.08.